The number of fused-ring (bicyclic) bond motifs is 1. The van der Waals surface area contributed by atoms with Crippen molar-refractivity contribution in [3.8, 4) is 23.1 Å². The molecule has 7 nitrogen and oxygen atoms in total. The van der Waals surface area contributed by atoms with Crippen LogP contribution in [-0.2, 0) is 4.79 Å². The highest BCUT2D eigenvalue weighted by Gasteiger charge is 2.46. The van der Waals surface area contributed by atoms with Gasteiger partial charge >= 0.3 is 0 Å². The number of pyridine rings is 1. The molecule has 3 N–H and O–H groups in total. The first-order chi connectivity index (χ1) is 13.4. The maximum absolute atomic E-state index is 12.2. The number of carbonyl (C=O) groups is 1. The minimum atomic E-state index is -1.64. The standard InChI is InChI=1S/C21H19N5O2/c1-13-11-21(28,20(27)26(13)2)9-8-14-4-3-5-15(10-14)16-6-7-17-18(25-16)19(22)24-12-23-17/h3-7,10,12-13,28H,11H2,1-2H3,(H2,22,23,24)/t13-,21+/m0/s1. The van der Waals surface area contributed by atoms with E-state index in [0.29, 0.717) is 34.5 Å². The van der Waals surface area contributed by atoms with E-state index in [2.05, 4.69) is 26.8 Å². The van der Waals surface area contributed by atoms with Crippen LogP contribution in [0.4, 0.5) is 5.82 Å². The number of nitrogens with two attached hydrogens (primary N) is 1. The average Bonchev–Trinajstić information content (AvgIpc) is 2.90. The highest BCUT2D eigenvalue weighted by molar-refractivity contribution is 5.91. The number of benzene rings is 1. The van der Waals surface area contributed by atoms with E-state index in [1.165, 1.54) is 11.2 Å². The van der Waals surface area contributed by atoms with Gasteiger partial charge in [0.25, 0.3) is 5.91 Å². The molecule has 1 aliphatic rings. The van der Waals surface area contributed by atoms with E-state index in [-0.39, 0.29) is 11.9 Å². The van der Waals surface area contributed by atoms with E-state index in [1.54, 1.807) is 7.05 Å². The molecule has 1 saturated heterocycles. The van der Waals surface area contributed by atoms with Gasteiger partial charge in [0.15, 0.2) is 5.82 Å². The second-order valence-electron chi connectivity index (χ2n) is 6.98. The normalized spacial score (nSPS) is 21.6. The van der Waals surface area contributed by atoms with Crippen LogP contribution >= 0.6 is 0 Å². The monoisotopic (exact) mass is 373 g/mol. The molecule has 3 heterocycles. The molecule has 0 radical (unpaired) electrons. The fourth-order valence-electron chi connectivity index (χ4n) is 3.30. The zero-order valence-corrected chi connectivity index (χ0v) is 15.5. The van der Waals surface area contributed by atoms with E-state index in [1.807, 2.05) is 43.3 Å². The average molecular weight is 373 g/mol. The first kappa shape index (κ1) is 17.9. The number of nitrogens with zero attached hydrogens (tertiary/aromatic N) is 4. The lowest BCUT2D eigenvalue weighted by molar-refractivity contribution is -0.138. The summed E-state index contributed by atoms with van der Waals surface area (Å²) in [5.41, 5.74) is 7.70. The lowest BCUT2D eigenvalue weighted by Gasteiger charge is -2.14. The van der Waals surface area contributed by atoms with Gasteiger partial charge < -0.3 is 15.7 Å². The summed E-state index contributed by atoms with van der Waals surface area (Å²) >= 11 is 0. The molecule has 1 fully saturated rings. The van der Waals surface area contributed by atoms with E-state index >= 15 is 0 Å². The molecule has 4 rings (SSSR count). The summed E-state index contributed by atoms with van der Waals surface area (Å²) in [7, 11) is 1.67. The molecule has 0 bridgehead atoms. The fraction of sp³-hybridized carbons (Fsp3) is 0.238. The Balaban J connectivity index is 1.68. The van der Waals surface area contributed by atoms with Crippen molar-refractivity contribution in [2.45, 2.75) is 25.0 Å². The van der Waals surface area contributed by atoms with Crippen LogP contribution < -0.4 is 5.73 Å². The zero-order valence-electron chi connectivity index (χ0n) is 15.5. The van der Waals surface area contributed by atoms with Crippen molar-refractivity contribution in [3.63, 3.8) is 0 Å². The largest absolute Gasteiger partial charge is 0.382 e. The van der Waals surface area contributed by atoms with Gasteiger partial charge in [0.1, 0.15) is 11.8 Å². The maximum Gasteiger partial charge on any atom is 0.267 e. The van der Waals surface area contributed by atoms with Gasteiger partial charge in [-0.2, -0.15) is 0 Å². The van der Waals surface area contributed by atoms with Gasteiger partial charge in [0.2, 0.25) is 5.60 Å². The molecule has 7 heteroatoms. The van der Waals surface area contributed by atoms with Crippen LogP contribution in [0.15, 0.2) is 42.7 Å². The number of likely N-dealkylation sites (tertiary alicyclic amines) is 1. The number of carbonyl (C=O) groups excluding carboxylic acids is 1. The van der Waals surface area contributed by atoms with Crippen LogP contribution in [0.1, 0.15) is 18.9 Å². The van der Waals surface area contributed by atoms with Crippen molar-refractivity contribution in [1.82, 2.24) is 19.9 Å². The fourth-order valence-corrected chi connectivity index (χ4v) is 3.30. The summed E-state index contributed by atoms with van der Waals surface area (Å²) in [5.74, 6) is 5.65. The number of likely N-dealkylation sites (N-methyl/N-ethyl adjacent to an activating group) is 1. The Labute approximate surface area is 162 Å². The minimum Gasteiger partial charge on any atom is -0.382 e. The van der Waals surface area contributed by atoms with Crippen molar-refractivity contribution < 1.29 is 9.90 Å². The predicted molar refractivity (Wildman–Crippen MR) is 106 cm³/mol. The predicted octanol–water partition coefficient (Wildman–Crippen LogP) is 1.61. The number of nitrogen functional groups attached to an aromatic ring is 1. The van der Waals surface area contributed by atoms with Crippen molar-refractivity contribution in [1.29, 1.82) is 0 Å². The van der Waals surface area contributed by atoms with E-state index in [0.717, 1.165) is 5.56 Å². The van der Waals surface area contributed by atoms with Crippen LogP contribution in [0.5, 0.6) is 0 Å². The molecule has 0 unspecified atom stereocenters. The molecule has 1 amide bonds. The summed E-state index contributed by atoms with van der Waals surface area (Å²) in [6.07, 6.45) is 1.70. The highest BCUT2D eigenvalue weighted by Crippen LogP contribution is 2.27. The summed E-state index contributed by atoms with van der Waals surface area (Å²) < 4.78 is 0. The number of hydrogen-bond acceptors (Lipinski definition) is 6. The van der Waals surface area contributed by atoms with Crippen LogP contribution in [0.2, 0.25) is 0 Å². The number of aromatic nitrogens is 3. The zero-order chi connectivity index (χ0) is 19.9. The van der Waals surface area contributed by atoms with Gasteiger partial charge in [0, 0.05) is 30.6 Å². The van der Waals surface area contributed by atoms with Crippen LogP contribution in [0, 0.1) is 11.8 Å². The Hall–Kier alpha value is -3.50. The minimum absolute atomic E-state index is 0.0485. The maximum atomic E-state index is 12.2. The van der Waals surface area contributed by atoms with Gasteiger partial charge in [-0.15, -0.1) is 0 Å². The summed E-state index contributed by atoms with van der Waals surface area (Å²) in [4.78, 5) is 26.5. The SMILES string of the molecule is C[C@H]1C[C@](O)(C#Cc2cccc(-c3ccc4ncnc(N)c4n3)c2)C(=O)N1C. The molecule has 28 heavy (non-hydrogen) atoms. The summed E-state index contributed by atoms with van der Waals surface area (Å²) in [5, 5.41) is 10.6. The Morgan fingerprint density at radius 2 is 2.11 bits per heavy atom. The second-order valence-corrected chi connectivity index (χ2v) is 6.98. The van der Waals surface area contributed by atoms with Gasteiger partial charge in [-0.1, -0.05) is 24.0 Å². The molecule has 1 aromatic carbocycles. The Bertz CT molecular complexity index is 1150. The Morgan fingerprint density at radius 3 is 2.86 bits per heavy atom. The van der Waals surface area contributed by atoms with Crippen molar-refractivity contribution in [2.75, 3.05) is 12.8 Å². The number of aliphatic hydroxyl groups is 1. The Morgan fingerprint density at radius 1 is 1.29 bits per heavy atom. The van der Waals surface area contributed by atoms with Gasteiger partial charge in [0.05, 0.1) is 11.2 Å². The van der Waals surface area contributed by atoms with Crippen molar-refractivity contribution >= 4 is 22.8 Å². The topological polar surface area (TPSA) is 105 Å². The molecule has 3 aromatic rings. The number of amides is 1. The molecule has 0 aliphatic carbocycles. The third-order valence-corrected chi connectivity index (χ3v) is 5.01. The molecule has 140 valence electrons. The molecule has 2 atom stereocenters. The number of rotatable bonds is 1. The Kier molecular flexibility index (Phi) is 4.21. The molecular weight excluding hydrogens is 354 g/mol. The van der Waals surface area contributed by atoms with Crippen LogP contribution in [-0.4, -0.2) is 49.6 Å². The van der Waals surface area contributed by atoms with Gasteiger partial charge in [-0.25, -0.2) is 15.0 Å². The van der Waals surface area contributed by atoms with E-state index < -0.39 is 5.60 Å². The van der Waals surface area contributed by atoms with Crippen LogP contribution in [0.3, 0.4) is 0 Å². The molecule has 0 saturated carbocycles. The van der Waals surface area contributed by atoms with Gasteiger partial charge in [-0.05, 0) is 31.2 Å². The highest BCUT2D eigenvalue weighted by atomic mass is 16.3. The quantitative estimate of drug-likeness (QED) is 0.628. The summed E-state index contributed by atoms with van der Waals surface area (Å²) in [6.45, 7) is 1.89. The summed E-state index contributed by atoms with van der Waals surface area (Å²) in [6, 6.07) is 11.1. The lowest BCUT2D eigenvalue weighted by Crippen LogP contribution is -2.37. The third-order valence-electron chi connectivity index (χ3n) is 5.01. The van der Waals surface area contributed by atoms with Crippen molar-refractivity contribution in [2.24, 2.45) is 0 Å². The number of anilines is 1. The molecule has 1 aliphatic heterocycles. The number of hydrogen-bond donors (Lipinski definition) is 2. The van der Waals surface area contributed by atoms with E-state index in [9.17, 15) is 9.90 Å². The van der Waals surface area contributed by atoms with Crippen molar-refractivity contribution in [3.05, 3.63) is 48.3 Å². The molecule has 2 aromatic heterocycles. The van der Waals surface area contributed by atoms with Crippen LogP contribution in [0.25, 0.3) is 22.3 Å². The molecular formula is C21H19N5O2. The first-order valence-electron chi connectivity index (χ1n) is 8.88. The lowest BCUT2D eigenvalue weighted by atomic mass is 10.00. The smallest absolute Gasteiger partial charge is 0.267 e. The molecule has 0 spiro atoms. The second kappa shape index (κ2) is 6.59. The first-order valence-corrected chi connectivity index (χ1v) is 8.88. The van der Waals surface area contributed by atoms with Gasteiger partial charge in [-0.3, -0.25) is 4.79 Å². The van der Waals surface area contributed by atoms with E-state index in [4.69, 9.17) is 5.73 Å². The third kappa shape index (κ3) is 3.04.